The Hall–Kier alpha value is -1.66. The number of carbonyl (C=O) groups excluding carboxylic acids is 4. The molecule has 0 amide bonds. The van der Waals surface area contributed by atoms with Crippen LogP contribution in [-0.2, 0) is 19.2 Å². The third-order valence-electron chi connectivity index (χ3n) is 1.59. The van der Waals surface area contributed by atoms with E-state index in [1.54, 1.807) is 0 Å². The first-order chi connectivity index (χ1) is 8.42. The van der Waals surface area contributed by atoms with Crippen LogP contribution in [0.5, 0.6) is 0 Å². The topological polar surface area (TPSA) is 201 Å². The van der Waals surface area contributed by atoms with Crippen LogP contribution in [0, 0.1) is 0 Å². The maximum Gasteiger partial charge on any atom is 4.00 e. The van der Waals surface area contributed by atoms with Crippen molar-refractivity contribution in [3.8, 4) is 0 Å². The van der Waals surface area contributed by atoms with Crippen molar-refractivity contribution in [1.29, 1.82) is 0 Å². The van der Waals surface area contributed by atoms with Crippen molar-refractivity contribution in [3.63, 3.8) is 0 Å². The maximum atomic E-state index is 10.1. The quantitative estimate of drug-likeness (QED) is 0.433. The Morgan fingerprint density at radius 3 is 1.35 bits per heavy atom. The molecule has 0 saturated heterocycles. The number of carboxylic acid groups (broad SMARTS) is 4. The minimum atomic E-state index is -2.97. The van der Waals surface area contributed by atoms with E-state index < -0.39 is 48.4 Å². The molecular formula is C9H10GeO10. The number of hydrogen-bond donors (Lipinski definition) is 2. The smallest absolute Gasteiger partial charge is 0.550 e. The normalized spacial score (nSPS) is 11.2. The van der Waals surface area contributed by atoms with E-state index in [0.717, 1.165) is 6.92 Å². The molecule has 1 unspecified atom stereocenters. The van der Waals surface area contributed by atoms with Crippen molar-refractivity contribution >= 4 is 41.5 Å². The van der Waals surface area contributed by atoms with Crippen LogP contribution in [0.4, 0.5) is 0 Å². The Morgan fingerprint density at radius 1 is 1.00 bits per heavy atom. The zero-order chi connectivity index (χ0) is 15.8. The summed E-state index contributed by atoms with van der Waals surface area (Å²) in [6, 6.07) is 0. The minimum absolute atomic E-state index is 0. The third kappa shape index (κ3) is 11.4. The van der Waals surface area contributed by atoms with E-state index in [4.69, 9.17) is 10.2 Å². The molecule has 11 heteroatoms. The van der Waals surface area contributed by atoms with E-state index in [1.807, 2.05) is 0 Å². The average molecular weight is 351 g/mol. The van der Waals surface area contributed by atoms with Gasteiger partial charge in [-0.1, -0.05) is 0 Å². The van der Waals surface area contributed by atoms with Crippen LogP contribution in [0.2, 0.25) is 0 Å². The van der Waals surface area contributed by atoms with Crippen LogP contribution in [0.3, 0.4) is 0 Å². The summed E-state index contributed by atoms with van der Waals surface area (Å²) in [6.45, 7) is 1.13. The van der Waals surface area contributed by atoms with E-state index >= 15 is 0 Å². The Bertz CT molecular complexity index is 348. The first-order valence-electron chi connectivity index (χ1n) is 4.65. The van der Waals surface area contributed by atoms with Crippen LogP contribution < -0.4 is 20.4 Å². The molecule has 0 aromatic heterocycles. The number of aliphatic hydroxyl groups excluding tert-OH is 1. The Morgan fingerprint density at radius 2 is 1.25 bits per heavy atom. The van der Waals surface area contributed by atoms with Gasteiger partial charge in [0.05, 0.1) is 18.0 Å². The van der Waals surface area contributed by atoms with Crippen LogP contribution >= 0.6 is 0 Å². The first-order valence-corrected chi connectivity index (χ1v) is 4.65. The standard InChI is InChI=1S/C6H8O7.C3H6O3.Ge/c7-3(8)1-6(13,5(11)12)2-4(9)10;1-2(4)3(5)6;/h13H,1-2H2,(H,7,8)(H,9,10)(H,11,12);2,4H,1H3,(H,5,6);/q;;+4/p-4. The SMILES string of the molecule is CC(O)C(=O)[O-].O=C([O-])CC(O)(CC(=O)[O-])C(=O)[O-].[Ge+4]. The van der Waals surface area contributed by atoms with Gasteiger partial charge in [0.25, 0.3) is 0 Å². The van der Waals surface area contributed by atoms with Gasteiger partial charge in [-0.25, -0.2) is 0 Å². The summed E-state index contributed by atoms with van der Waals surface area (Å²) in [6.07, 6.45) is -4.06. The van der Waals surface area contributed by atoms with E-state index in [-0.39, 0.29) is 17.6 Å². The molecule has 10 nitrogen and oxygen atoms in total. The van der Waals surface area contributed by atoms with Gasteiger partial charge >= 0.3 is 17.6 Å². The van der Waals surface area contributed by atoms with E-state index in [9.17, 15) is 39.6 Å². The first kappa shape index (κ1) is 23.4. The number of carboxylic acids is 4. The Labute approximate surface area is 123 Å². The van der Waals surface area contributed by atoms with Crippen molar-refractivity contribution in [2.45, 2.75) is 31.5 Å². The molecule has 0 aliphatic heterocycles. The van der Waals surface area contributed by atoms with E-state index in [1.165, 1.54) is 0 Å². The van der Waals surface area contributed by atoms with Gasteiger partial charge in [-0.15, -0.1) is 0 Å². The summed E-state index contributed by atoms with van der Waals surface area (Å²) >= 11 is 0. The molecule has 0 spiro atoms. The van der Waals surface area contributed by atoms with Crippen LogP contribution in [0.25, 0.3) is 0 Å². The van der Waals surface area contributed by atoms with Crippen molar-refractivity contribution in [2.24, 2.45) is 0 Å². The van der Waals surface area contributed by atoms with Crippen molar-refractivity contribution in [3.05, 3.63) is 0 Å². The third-order valence-corrected chi connectivity index (χ3v) is 1.59. The van der Waals surface area contributed by atoms with E-state index in [2.05, 4.69) is 0 Å². The molecule has 0 aliphatic carbocycles. The van der Waals surface area contributed by atoms with Crippen molar-refractivity contribution < 1.29 is 49.8 Å². The summed E-state index contributed by atoms with van der Waals surface area (Å²) in [4.78, 5) is 39.3. The van der Waals surface area contributed by atoms with Gasteiger partial charge < -0.3 is 49.8 Å². The van der Waals surface area contributed by atoms with Crippen molar-refractivity contribution in [1.82, 2.24) is 0 Å². The molecule has 0 aliphatic rings. The number of hydrogen-bond acceptors (Lipinski definition) is 10. The second-order valence-electron chi connectivity index (χ2n) is 3.41. The van der Waals surface area contributed by atoms with Crippen LogP contribution in [0.1, 0.15) is 19.8 Å². The molecule has 0 saturated carbocycles. The van der Waals surface area contributed by atoms with Crippen molar-refractivity contribution in [2.75, 3.05) is 0 Å². The predicted octanol–water partition coefficient (Wildman–Crippen LogP) is -7.52. The molecule has 1 atom stereocenters. The maximum absolute atomic E-state index is 10.1. The monoisotopic (exact) mass is 352 g/mol. The molecule has 110 valence electrons. The Balaban J connectivity index is -0.000000352. The summed E-state index contributed by atoms with van der Waals surface area (Å²) in [5, 5.41) is 56.2. The summed E-state index contributed by atoms with van der Waals surface area (Å²) < 4.78 is 0. The molecule has 0 bridgehead atoms. The van der Waals surface area contributed by atoms with Gasteiger partial charge in [-0.2, -0.15) is 0 Å². The van der Waals surface area contributed by atoms with Gasteiger partial charge in [0.2, 0.25) is 0 Å². The zero-order valence-electron chi connectivity index (χ0n) is 10.2. The van der Waals surface area contributed by atoms with Gasteiger partial charge in [-0.05, 0) is 6.92 Å². The summed E-state index contributed by atoms with van der Waals surface area (Å²) in [5.41, 5.74) is -2.97. The fourth-order valence-electron chi connectivity index (χ4n) is 0.684. The fourth-order valence-corrected chi connectivity index (χ4v) is 0.684. The number of rotatable bonds is 6. The molecular weight excluding hydrogens is 341 g/mol. The van der Waals surface area contributed by atoms with E-state index in [0.29, 0.717) is 0 Å². The van der Waals surface area contributed by atoms with Crippen LogP contribution in [0.15, 0.2) is 0 Å². The molecule has 20 heavy (non-hydrogen) atoms. The molecule has 2 N–H and O–H groups in total. The zero-order valence-corrected chi connectivity index (χ0v) is 12.3. The molecule has 0 radical (unpaired) electrons. The summed E-state index contributed by atoms with van der Waals surface area (Å²) in [5.74, 6) is -7.42. The second-order valence-corrected chi connectivity index (χ2v) is 3.41. The largest absolute Gasteiger partial charge is 4.00 e. The van der Waals surface area contributed by atoms with Gasteiger partial charge in [0.15, 0.2) is 0 Å². The minimum Gasteiger partial charge on any atom is -0.550 e. The molecule has 0 rings (SSSR count). The second kappa shape index (κ2) is 10.2. The molecule has 0 aromatic rings. The van der Waals surface area contributed by atoms with Gasteiger partial charge in [-0.3, -0.25) is 0 Å². The number of aliphatic carboxylic acids is 4. The molecule has 0 fully saturated rings. The summed E-state index contributed by atoms with van der Waals surface area (Å²) in [7, 11) is 0. The number of aliphatic hydroxyl groups is 2. The molecule has 0 aromatic carbocycles. The number of carbonyl (C=O) groups is 4. The van der Waals surface area contributed by atoms with Gasteiger partial charge in [0, 0.05) is 24.8 Å². The van der Waals surface area contributed by atoms with Crippen LogP contribution in [-0.4, -0.2) is 63.4 Å². The Kier molecular flexibility index (Phi) is 11.9. The predicted molar refractivity (Wildman–Crippen MR) is 51.6 cm³/mol. The van der Waals surface area contributed by atoms with Gasteiger partial charge in [0.1, 0.15) is 5.60 Å². The average Bonchev–Trinajstić information content (AvgIpc) is 2.14. The molecule has 0 heterocycles. The fraction of sp³-hybridized carbons (Fsp3) is 0.556.